The van der Waals surface area contributed by atoms with Crippen LogP contribution >= 0.6 is 0 Å². The van der Waals surface area contributed by atoms with E-state index in [9.17, 15) is 0 Å². The molecule has 78 valence electrons. The molecule has 0 saturated carbocycles. The fourth-order valence-electron chi connectivity index (χ4n) is 1.57. The van der Waals surface area contributed by atoms with Crippen molar-refractivity contribution in [3.63, 3.8) is 0 Å². The highest BCUT2D eigenvalue weighted by atomic mass is 15.2. The Morgan fingerprint density at radius 1 is 1.33 bits per heavy atom. The normalized spacial score (nSPS) is 12.7. The van der Waals surface area contributed by atoms with Gasteiger partial charge in [0.15, 0.2) is 0 Å². The smallest absolute Gasteiger partial charge is 0.115 e. The number of nitrogens with two attached hydrogens (primary N) is 1. The molecule has 0 amide bonds. The lowest BCUT2D eigenvalue weighted by atomic mass is 10.0. The SMILES string of the molecule is Cc1nn(C)cc1C(N)c1cncnc1. The van der Waals surface area contributed by atoms with E-state index in [4.69, 9.17) is 5.73 Å². The van der Waals surface area contributed by atoms with Crippen molar-refractivity contribution in [3.8, 4) is 0 Å². The van der Waals surface area contributed by atoms with Crippen molar-refractivity contribution in [1.82, 2.24) is 19.7 Å². The first kappa shape index (κ1) is 9.79. The molecule has 1 atom stereocenters. The van der Waals surface area contributed by atoms with Crippen LogP contribution in [0.1, 0.15) is 22.9 Å². The zero-order chi connectivity index (χ0) is 10.8. The molecule has 0 aliphatic carbocycles. The van der Waals surface area contributed by atoms with E-state index in [2.05, 4.69) is 15.1 Å². The third-order valence-corrected chi connectivity index (χ3v) is 2.33. The van der Waals surface area contributed by atoms with Crippen molar-refractivity contribution in [2.75, 3.05) is 0 Å². The first-order valence-electron chi connectivity index (χ1n) is 4.69. The molecule has 2 N–H and O–H groups in total. The van der Waals surface area contributed by atoms with Crippen molar-refractivity contribution >= 4 is 0 Å². The van der Waals surface area contributed by atoms with Gasteiger partial charge in [0, 0.05) is 36.8 Å². The second-order valence-corrected chi connectivity index (χ2v) is 3.49. The standard InChI is InChI=1S/C10H13N5/c1-7-9(5-15(2)14-7)10(11)8-3-12-6-13-4-8/h3-6,10H,11H2,1-2H3. The Bertz CT molecular complexity index is 448. The largest absolute Gasteiger partial charge is 0.320 e. The van der Waals surface area contributed by atoms with E-state index in [-0.39, 0.29) is 6.04 Å². The highest BCUT2D eigenvalue weighted by Gasteiger charge is 2.14. The summed E-state index contributed by atoms with van der Waals surface area (Å²) in [5.74, 6) is 0. The minimum atomic E-state index is -0.208. The number of hydrogen-bond acceptors (Lipinski definition) is 4. The van der Waals surface area contributed by atoms with Crippen LogP contribution in [0.15, 0.2) is 24.9 Å². The average molecular weight is 203 g/mol. The Balaban J connectivity index is 2.36. The van der Waals surface area contributed by atoms with Crippen LogP contribution in [-0.2, 0) is 7.05 Å². The second-order valence-electron chi connectivity index (χ2n) is 3.49. The fourth-order valence-corrected chi connectivity index (χ4v) is 1.57. The van der Waals surface area contributed by atoms with Crippen LogP contribution in [-0.4, -0.2) is 19.7 Å². The molecule has 2 aromatic heterocycles. The van der Waals surface area contributed by atoms with Gasteiger partial charge in [-0.3, -0.25) is 4.68 Å². The molecular formula is C10H13N5. The first-order chi connectivity index (χ1) is 7.18. The molecule has 0 saturated heterocycles. The van der Waals surface area contributed by atoms with E-state index in [0.29, 0.717) is 0 Å². The van der Waals surface area contributed by atoms with Gasteiger partial charge in [-0.1, -0.05) is 0 Å². The summed E-state index contributed by atoms with van der Waals surface area (Å²) < 4.78 is 1.76. The minimum Gasteiger partial charge on any atom is -0.320 e. The molecule has 5 nitrogen and oxygen atoms in total. The Labute approximate surface area is 88.0 Å². The van der Waals surface area contributed by atoms with Gasteiger partial charge >= 0.3 is 0 Å². The zero-order valence-corrected chi connectivity index (χ0v) is 8.75. The molecule has 0 fully saturated rings. The molecule has 2 aromatic rings. The molecule has 1 unspecified atom stereocenters. The van der Waals surface area contributed by atoms with E-state index < -0.39 is 0 Å². The van der Waals surface area contributed by atoms with Gasteiger partial charge < -0.3 is 5.73 Å². The summed E-state index contributed by atoms with van der Waals surface area (Å²) in [6, 6.07) is -0.208. The molecule has 0 aliphatic heterocycles. The summed E-state index contributed by atoms with van der Waals surface area (Å²) >= 11 is 0. The van der Waals surface area contributed by atoms with Crippen LogP contribution in [0.3, 0.4) is 0 Å². The van der Waals surface area contributed by atoms with Gasteiger partial charge in [-0.05, 0) is 6.92 Å². The van der Waals surface area contributed by atoms with Crippen molar-refractivity contribution in [2.24, 2.45) is 12.8 Å². The topological polar surface area (TPSA) is 69.6 Å². The van der Waals surface area contributed by atoms with Crippen LogP contribution in [0.25, 0.3) is 0 Å². The number of aromatic nitrogens is 4. The Morgan fingerprint density at radius 2 is 2.00 bits per heavy atom. The number of hydrogen-bond donors (Lipinski definition) is 1. The van der Waals surface area contributed by atoms with Crippen LogP contribution < -0.4 is 5.73 Å². The van der Waals surface area contributed by atoms with E-state index in [1.165, 1.54) is 6.33 Å². The third-order valence-electron chi connectivity index (χ3n) is 2.33. The summed E-state index contributed by atoms with van der Waals surface area (Å²) in [6.45, 7) is 1.94. The van der Waals surface area contributed by atoms with Gasteiger partial charge in [0.05, 0.1) is 11.7 Å². The molecule has 0 aromatic carbocycles. The van der Waals surface area contributed by atoms with E-state index in [1.54, 1.807) is 17.1 Å². The second kappa shape index (κ2) is 3.78. The van der Waals surface area contributed by atoms with Crippen molar-refractivity contribution < 1.29 is 0 Å². The summed E-state index contributed by atoms with van der Waals surface area (Å²) in [5, 5.41) is 4.25. The monoisotopic (exact) mass is 203 g/mol. The van der Waals surface area contributed by atoms with E-state index >= 15 is 0 Å². The Morgan fingerprint density at radius 3 is 2.53 bits per heavy atom. The van der Waals surface area contributed by atoms with Crippen LogP contribution in [0.5, 0.6) is 0 Å². The lowest BCUT2D eigenvalue weighted by molar-refractivity contribution is 0.756. The number of aryl methyl sites for hydroxylation is 2. The zero-order valence-electron chi connectivity index (χ0n) is 8.75. The first-order valence-corrected chi connectivity index (χ1v) is 4.69. The highest BCUT2D eigenvalue weighted by molar-refractivity contribution is 5.29. The predicted octanol–water partition coefficient (Wildman–Crippen LogP) is 0.567. The summed E-state index contributed by atoms with van der Waals surface area (Å²) in [4.78, 5) is 7.90. The predicted molar refractivity (Wildman–Crippen MR) is 56.0 cm³/mol. The van der Waals surface area contributed by atoms with Crippen LogP contribution in [0.2, 0.25) is 0 Å². The van der Waals surface area contributed by atoms with Gasteiger partial charge in [0.25, 0.3) is 0 Å². The maximum Gasteiger partial charge on any atom is 0.115 e. The molecule has 0 bridgehead atoms. The van der Waals surface area contributed by atoms with E-state index in [1.807, 2.05) is 20.2 Å². The lowest BCUT2D eigenvalue weighted by Gasteiger charge is -2.09. The van der Waals surface area contributed by atoms with Gasteiger partial charge in [-0.2, -0.15) is 5.10 Å². The van der Waals surface area contributed by atoms with Crippen LogP contribution in [0, 0.1) is 6.92 Å². The molecule has 2 rings (SSSR count). The fraction of sp³-hybridized carbons (Fsp3) is 0.300. The maximum absolute atomic E-state index is 6.10. The van der Waals surface area contributed by atoms with Gasteiger partial charge in [0.2, 0.25) is 0 Å². The van der Waals surface area contributed by atoms with Crippen molar-refractivity contribution in [1.29, 1.82) is 0 Å². The molecule has 0 radical (unpaired) electrons. The lowest BCUT2D eigenvalue weighted by Crippen LogP contribution is -2.12. The maximum atomic E-state index is 6.10. The third kappa shape index (κ3) is 1.87. The van der Waals surface area contributed by atoms with Crippen molar-refractivity contribution in [3.05, 3.63) is 41.7 Å². The molecule has 0 aliphatic rings. The molecule has 2 heterocycles. The molecule has 0 spiro atoms. The summed E-state index contributed by atoms with van der Waals surface area (Å²) in [5.41, 5.74) is 8.94. The summed E-state index contributed by atoms with van der Waals surface area (Å²) in [7, 11) is 1.88. The molecular weight excluding hydrogens is 190 g/mol. The average Bonchev–Trinajstić information content (AvgIpc) is 2.58. The molecule has 5 heteroatoms. The molecule has 15 heavy (non-hydrogen) atoms. The summed E-state index contributed by atoms with van der Waals surface area (Å²) in [6.07, 6.45) is 6.87. The Hall–Kier alpha value is -1.75. The highest BCUT2D eigenvalue weighted by Crippen LogP contribution is 2.19. The minimum absolute atomic E-state index is 0.208. The van der Waals surface area contributed by atoms with Gasteiger partial charge in [0.1, 0.15) is 6.33 Å². The number of nitrogens with zero attached hydrogens (tertiary/aromatic N) is 4. The van der Waals surface area contributed by atoms with Gasteiger partial charge in [-0.15, -0.1) is 0 Å². The van der Waals surface area contributed by atoms with Crippen LogP contribution in [0.4, 0.5) is 0 Å². The van der Waals surface area contributed by atoms with E-state index in [0.717, 1.165) is 16.8 Å². The van der Waals surface area contributed by atoms with Gasteiger partial charge in [-0.25, -0.2) is 9.97 Å². The number of rotatable bonds is 2. The Kier molecular flexibility index (Phi) is 2.47. The quantitative estimate of drug-likeness (QED) is 0.774. The van der Waals surface area contributed by atoms with Crippen molar-refractivity contribution in [2.45, 2.75) is 13.0 Å².